The van der Waals surface area contributed by atoms with E-state index in [-0.39, 0.29) is 4.90 Å². The monoisotopic (exact) mass is 309 g/mol. The molecule has 0 radical (unpaired) electrons. The molecule has 1 aromatic carbocycles. The zero-order chi connectivity index (χ0) is 15.6. The molecule has 1 N–H and O–H groups in total. The summed E-state index contributed by atoms with van der Waals surface area (Å²) in [7, 11) is -1.86. The quantitative estimate of drug-likeness (QED) is 0.919. The number of anilines is 1. The lowest BCUT2D eigenvalue weighted by molar-refractivity contribution is 0.340. The van der Waals surface area contributed by atoms with Crippen LogP contribution in [0.15, 0.2) is 29.2 Å². The fraction of sp³-hybridized carbons (Fsp3) is 0.357. The minimum absolute atomic E-state index is 0.189. The molecular weight excluding hydrogens is 290 g/mol. The van der Waals surface area contributed by atoms with E-state index in [1.54, 1.807) is 30.8 Å². The van der Waals surface area contributed by atoms with Gasteiger partial charge in [0.25, 0.3) is 10.0 Å². The summed E-state index contributed by atoms with van der Waals surface area (Å²) in [6, 6.07) is 6.32. The molecule has 114 valence electrons. The first-order valence-corrected chi connectivity index (χ1v) is 8.09. The van der Waals surface area contributed by atoms with Crippen molar-refractivity contribution in [1.82, 2.24) is 9.78 Å². The number of nitrogens with one attached hydrogen (secondary N) is 1. The first-order chi connectivity index (χ1) is 9.85. The highest BCUT2D eigenvalue weighted by atomic mass is 32.2. The molecule has 0 bridgehead atoms. The van der Waals surface area contributed by atoms with Gasteiger partial charge in [0.1, 0.15) is 5.75 Å². The van der Waals surface area contributed by atoms with Gasteiger partial charge in [-0.15, -0.1) is 0 Å². The average molecular weight is 309 g/mol. The van der Waals surface area contributed by atoms with Crippen LogP contribution in [0.4, 0.5) is 5.69 Å². The predicted molar refractivity (Wildman–Crippen MR) is 81.1 cm³/mol. The van der Waals surface area contributed by atoms with E-state index in [1.165, 1.54) is 12.1 Å². The maximum Gasteiger partial charge on any atom is 0.262 e. The van der Waals surface area contributed by atoms with Crippen molar-refractivity contribution < 1.29 is 13.2 Å². The van der Waals surface area contributed by atoms with Crippen molar-refractivity contribution in [3.63, 3.8) is 0 Å². The molecule has 0 amide bonds. The molecule has 0 saturated carbocycles. The number of aromatic nitrogens is 2. The van der Waals surface area contributed by atoms with E-state index in [4.69, 9.17) is 4.74 Å². The number of benzene rings is 1. The molecule has 6 nitrogen and oxygen atoms in total. The second-order valence-electron chi connectivity index (χ2n) is 4.68. The van der Waals surface area contributed by atoms with Crippen LogP contribution in [-0.2, 0) is 17.1 Å². The van der Waals surface area contributed by atoms with Gasteiger partial charge in [0.05, 0.1) is 28.6 Å². The second kappa shape index (κ2) is 5.77. The van der Waals surface area contributed by atoms with Crippen molar-refractivity contribution in [2.45, 2.75) is 25.7 Å². The van der Waals surface area contributed by atoms with Crippen LogP contribution in [0, 0.1) is 13.8 Å². The Kier molecular flexibility index (Phi) is 4.22. The molecule has 0 saturated heterocycles. The lowest BCUT2D eigenvalue weighted by Crippen LogP contribution is -2.14. The molecule has 0 aliphatic carbocycles. The predicted octanol–water partition coefficient (Wildman–Crippen LogP) is 2.24. The Hall–Kier alpha value is -2.02. The van der Waals surface area contributed by atoms with Crippen molar-refractivity contribution in [3.8, 4) is 5.75 Å². The first kappa shape index (κ1) is 15.4. The van der Waals surface area contributed by atoms with Gasteiger partial charge in [-0.05, 0) is 45.0 Å². The van der Waals surface area contributed by atoms with Crippen molar-refractivity contribution in [2.75, 3.05) is 11.3 Å². The van der Waals surface area contributed by atoms with Gasteiger partial charge in [-0.2, -0.15) is 5.10 Å². The molecule has 0 aliphatic heterocycles. The maximum absolute atomic E-state index is 12.4. The second-order valence-corrected chi connectivity index (χ2v) is 6.36. The summed E-state index contributed by atoms with van der Waals surface area (Å²) < 4.78 is 34.3. The van der Waals surface area contributed by atoms with E-state index in [9.17, 15) is 8.42 Å². The van der Waals surface area contributed by atoms with Gasteiger partial charge in [0, 0.05) is 7.05 Å². The molecule has 0 spiro atoms. The van der Waals surface area contributed by atoms with Crippen LogP contribution in [0.5, 0.6) is 5.75 Å². The molecule has 2 aromatic rings. The van der Waals surface area contributed by atoms with E-state index in [1.807, 2.05) is 13.8 Å². The number of sulfonamides is 1. The first-order valence-electron chi connectivity index (χ1n) is 6.61. The molecule has 0 atom stereocenters. The van der Waals surface area contributed by atoms with Gasteiger partial charge < -0.3 is 4.74 Å². The summed E-state index contributed by atoms with van der Waals surface area (Å²) in [6.07, 6.45) is 0. The molecule has 1 aromatic heterocycles. The molecule has 0 unspecified atom stereocenters. The van der Waals surface area contributed by atoms with Gasteiger partial charge in [0.2, 0.25) is 0 Å². The Labute approximate surface area is 124 Å². The van der Waals surface area contributed by atoms with Crippen LogP contribution >= 0.6 is 0 Å². The Morgan fingerprint density at radius 1 is 1.24 bits per heavy atom. The van der Waals surface area contributed by atoms with Crippen LogP contribution in [0.1, 0.15) is 18.3 Å². The summed E-state index contributed by atoms with van der Waals surface area (Å²) >= 11 is 0. The van der Waals surface area contributed by atoms with Crippen LogP contribution in [0.25, 0.3) is 0 Å². The Balaban J connectivity index is 2.29. The van der Waals surface area contributed by atoms with E-state index in [2.05, 4.69) is 9.82 Å². The van der Waals surface area contributed by atoms with Gasteiger partial charge in [0.15, 0.2) is 0 Å². The van der Waals surface area contributed by atoms with Crippen LogP contribution in [0.3, 0.4) is 0 Å². The SMILES string of the molecule is CCOc1ccc(S(=O)(=O)Nc2c(C)nn(C)c2C)cc1. The van der Waals surface area contributed by atoms with E-state index >= 15 is 0 Å². The maximum atomic E-state index is 12.4. The number of aryl methyl sites for hydroxylation is 2. The molecule has 0 aliphatic rings. The van der Waals surface area contributed by atoms with Gasteiger partial charge in [-0.25, -0.2) is 8.42 Å². The third kappa shape index (κ3) is 3.18. The lowest BCUT2D eigenvalue weighted by Gasteiger charge is -2.09. The number of hydrogen-bond donors (Lipinski definition) is 1. The molecule has 7 heteroatoms. The smallest absolute Gasteiger partial charge is 0.262 e. The van der Waals surface area contributed by atoms with Crippen molar-refractivity contribution >= 4 is 15.7 Å². The highest BCUT2D eigenvalue weighted by molar-refractivity contribution is 7.92. The zero-order valence-corrected chi connectivity index (χ0v) is 13.4. The standard InChI is InChI=1S/C14H19N3O3S/c1-5-20-12-6-8-13(9-7-12)21(18,19)16-14-10(2)15-17(4)11(14)3/h6-9,16H,5H2,1-4H3. The van der Waals surface area contributed by atoms with Gasteiger partial charge in [-0.3, -0.25) is 9.40 Å². The van der Waals surface area contributed by atoms with Gasteiger partial charge in [-0.1, -0.05) is 0 Å². The minimum Gasteiger partial charge on any atom is -0.494 e. The van der Waals surface area contributed by atoms with Crippen molar-refractivity contribution in [1.29, 1.82) is 0 Å². The minimum atomic E-state index is -3.64. The number of rotatable bonds is 5. The Morgan fingerprint density at radius 2 is 1.86 bits per heavy atom. The van der Waals surface area contributed by atoms with Gasteiger partial charge >= 0.3 is 0 Å². The molecule has 1 heterocycles. The van der Waals surface area contributed by atoms with E-state index in [0.29, 0.717) is 23.7 Å². The molecule has 21 heavy (non-hydrogen) atoms. The third-order valence-electron chi connectivity index (χ3n) is 3.19. The van der Waals surface area contributed by atoms with E-state index in [0.717, 1.165) is 5.69 Å². The molecule has 0 fully saturated rings. The number of nitrogens with zero attached hydrogens (tertiary/aromatic N) is 2. The van der Waals surface area contributed by atoms with Crippen LogP contribution in [0.2, 0.25) is 0 Å². The molecule has 2 rings (SSSR count). The topological polar surface area (TPSA) is 73.2 Å². The largest absolute Gasteiger partial charge is 0.494 e. The van der Waals surface area contributed by atoms with Crippen molar-refractivity contribution in [3.05, 3.63) is 35.7 Å². The summed E-state index contributed by atoms with van der Waals surface area (Å²) in [6.45, 7) is 6.00. The fourth-order valence-electron chi connectivity index (χ4n) is 2.00. The lowest BCUT2D eigenvalue weighted by atomic mass is 10.3. The fourth-order valence-corrected chi connectivity index (χ4v) is 3.17. The van der Waals surface area contributed by atoms with Crippen molar-refractivity contribution in [2.24, 2.45) is 7.05 Å². The summed E-state index contributed by atoms with van der Waals surface area (Å²) in [5, 5.41) is 4.20. The van der Waals surface area contributed by atoms with Crippen LogP contribution < -0.4 is 9.46 Å². The van der Waals surface area contributed by atoms with E-state index < -0.39 is 10.0 Å². The summed E-state index contributed by atoms with van der Waals surface area (Å²) in [5.41, 5.74) is 1.93. The van der Waals surface area contributed by atoms with Crippen LogP contribution in [-0.4, -0.2) is 24.8 Å². The summed E-state index contributed by atoms with van der Waals surface area (Å²) in [4.78, 5) is 0.189. The zero-order valence-electron chi connectivity index (χ0n) is 12.5. The highest BCUT2D eigenvalue weighted by Crippen LogP contribution is 2.23. The Bertz CT molecular complexity index is 734. The Morgan fingerprint density at radius 3 is 2.33 bits per heavy atom. The highest BCUT2D eigenvalue weighted by Gasteiger charge is 2.19. The third-order valence-corrected chi connectivity index (χ3v) is 4.56. The normalized spacial score (nSPS) is 11.4. The summed E-state index contributed by atoms with van der Waals surface area (Å²) in [5.74, 6) is 0.644. The average Bonchev–Trinajstić information content (AvgIpc) is 2.66. The number of ether oxygens (including phenoxy) is 1. The molecular formula is C14H19N3O3S. The number of hydrogen-bond acceptors (Lipinski definition) is 4.